The van der Waals surface area contributed by atoms with Gasteiger partial charge >= 0.3 is 224 Å². The Morgan fingerprint density at radius 2 is 0.548 bits per heavy atom. The van der Waals surface area contributed by atoms with E-state index in [9.17, 15) is 0 Å². The SMILES string of the molecule is C.C.C.Cc1nc(C)nc(C)n1.Cl.Cl.Cl.Cl.Cl.Cl.Cl.Cl.Cl.S=[S]=[Fe].[Cl][Fe]([Cl])[Cl].[Cl][Fe]([Cl])[Cl].[Cl][Fe]([Cl])[Cl].[S]=[Fe]=[S].[S]=[Fe]=[S]. The maximum atomic E-state index is 4.89. The average Bonchev–Trinajstić information content (AvgIpc) is 2.46. The van der Waals surface area contributed by atoms with E-state index < -0.39 is 33.5 Å². The summed E-state index contributed by atoms with van der Waals surface area (Å²) in [7, 11) is 61.9. The van der Waals surface area contributed by atoms with Gasteiger partial charge in [0.15, 0.2) is 0 Å². The molecule has 0 aliphatic heterocycles. The zero-order chi connectivity index (χ0) is 25.7. The molecule has 0 aliphatic rings. The van der Waals surface area contributed by atoms with Gasteiger partial charge in [-0.25, -0.2) is 15.0 Å². The molecule has 0 saturated heterocycles. The monoisotopic (exact) mass is 1340 g/mol. The Morgan fingerprint density at radius 1 is 0.500 bits per heavy atom. The summed E-state index contributed by atoms with van der Waals surface area (Å²) in [5, 5.41) is 0. The summed E-state index contributed by atoms with van der Waals surface area (Å²) in [5.74, 6) is 2.38. The number of aryl methyl sites for hydroxylation is 3. The molecule has 42 heavy (non-hydrogen) atoms. The topological polar surface area (TPSA) is 38.7 Å². The van der Waals surface area contributed by atoms with Crippen LogP contribution in [0.4, 0.5) is 0 Å². The van der Waals surface area contributed by atoms with Crippen LogP contribution in [0.5, 0.6) is 0 Å². The Hall–Kier alpha value is 8.67. The van der Waals surface area contributed by atoms with E-state index in [0.717, 1.165) is 25.7 Å². The van der Waals surface area contributed by atoms with Crippen molar-refractivity contribution in [3.63, 3.8) is 0 Å². The van der Waals surface area contributed by atoms with Crippen molar-refractivity contribution in [2.45, 2.75) is 43.1 Å². The van der Waals surface area contributed by atoms with Crippen LogP contribution in [0.2, 0.25) is 0 Å². The summed E-state index contributed by atoms with van der Waals surface area (Å²) in [4.78, 5) is 12.0. The maximum absolute atomic E-state index is 4.89. The van der Waals surface area contributed by atoms with Gasteiger partial charge < -0.3 is 0 Å². The number of hydrogen-bond acceptors (Lipinski definition) is 8. The zero-order valence-electron chi connectivity index (χ0n) is 17.5. The van der Waals surface area contributed by atoms with Crippen molar-refractivity contribution in [3.8, 4) is 0 Å². The van der Waals surface area contributed by atoms with Gasteiger partial charge in [-0.2, -0.15) is 0 Å². The van der Waals surface area contributed by atoms with Crippen LogP contribution >= 0.6 is 245 Å². The van der Waals surface area contributed by atoms with Crippen molar-refractivity contribution in [1.29, 1.82) is 0 Å². The van der Waals surface area contributed by atoms with E-state index in [-0.39, 0.29) is 134 Å². The second-order valence-electron chi connectivity index (χ2n) is 2.61. The summed E-state index contributed by atoms with van der Waals surface area (Å²) >= 11 is 4.25. The summed E-state index contributed by atoms with van der Waals surface area (Å²) in [5.41, 5.74) is 0. The predicted molar refractivity (Wildman–Crippen MR) is 217 cm³/mol. The van der Waals surface area contributed by atoms with Gasteiger partial charge in [-0.1, -0.05) is 22.3 Å². The molecular formula is C9H30Cl18Fe6N3S6. The van der Waals surface area contributed by atoms with E-state index in [2.05, 4.69) is 82.7 Å². The van der Waals surface area contributed by atoms with Crippen LogP contribution in [0, 0.1) is 20.8 Å². The van der Waals surface area contributed by atoms with Crippen LogP contribution in [0.1, 0.15) is 39.8 Å². The van der Waals surface area contributed by atoms with Gasteiger partial charge in [-0.3, -0.25) is 0 Å². The molecule has 0 bridgehead atoms. The van der Waals surface area contributed by atoms with Crippen LogP contribution in [0.3, 0.4) is 0 Å². The second kappa shape index (κ2) is 110. The molecule has 1 rings (SSSR count). The first kappa shape index (κ1) is 117. The van der Waals surface area contributed by atoms with Crippen molar-refractivity contribution >= 4 is 264 Å². The van der Waals surface area contributed by atoms with Crippen LogP contribution in [0.25, 0.3) is 0 Å². The Balaban J connectivity index is -0.00000000995. The van der Waals surface area contributed by atoms with Crippen LogP contribution < -0.4 is 0 Å². The van der Waals surface area contributed by atoms with Gasteiger partial charge in [0.05, 0.1) is 0 Å². The molecule has 0 aromatic carbocycles. The molecule has 0 N–H and O–H groups in total. The van der Waals surface area contributed by atoms with E-state index >= 15 is 0 Å². The molecule has 0 amide bonds. The predicted octanol–water partition coefficient (Wildman–Crippen LogP) is 15.3. The third kappa shape index (κ3) is 259. The molecule has 0 atom stereocenters. The van der Waals surface area contributed by atoms with Gasteiger partial charge in [0, 0.05) is 0 Å². The van der Waals surface area contributed by atoms with Gasteiger partial charge in [0.1, 0.15) is 17.5 Å². The number of aromatic nitrogens is 3. The van der Waals surface area contributed by atoms with Crippen molar-refractivity contribution in [1.82, 2.24) is 15.0 Å². The Labute approximate surface area is 403 Å². The molecular weight excluding hydrogens is 1320 g/mol. The fraction of sp³-hybridized carbons (Fsp3) is 0.667. The number of hydrogen-bond donors (Lipinski definition) is 0. The minimum atomic E-state index is -1.33. The van der Waals surface area contributed by atoms with E-state index in [4.69, 9.17) is 90.9 Å². The van der Waals surface area contributed by atoms with Crippen molar-refractivity contribution < 1.29 is 71.3 Å². The van der Waals surface area contributed by atoms with Gasteiger partial charge in [-0.05, 0) is 20.8 Å². The summed E-state index contributed by atoms with van der Waals surface area (Å²) in [6.45, 7) is 5.59. The summed E-state index contributed by atoms with van der Waals surface area (Å²) in [6.07, 6.45) is 0. The molecule has 0 saturated carbocycles. The first-order valence-corrected chi connectivity index (χ1v) is 28.1. The van der Waals surface area contributed by atoms with E-state index in [0.29, 0.717) is 23.4 Å². The fourth-order valence-corrected chi connectivity index (χ4v) is 0.777. The van der Waals surface area contributed by atoms with Crippen LogP contribution in [0.15, 0.2) is 0 Å². The average molecular weight is 1350 g/mol. The summed E-state index contributed by atoms with van der Waals surface area (Å²) in [6, 6.07) is 0. The molecule has 1 aromatic heterocycles. The normalized spacial score (nSPS) is 6.36. The quantitative estimate of drug-likeness (QED) is 0.238. The van der Waals surface area contributed by atoms with Gasteiger partial charge in [0.2, 0.25) is 0 Å². The minimum absolute atomic E-state index is 0. The molecule has 291 valence electrons. The van der Waals surface area contributed by atoms with E-state index in [1.807, 2.05) is 20.8 Å². The first-order chi connectivity index (χ1) is 13.6. The van der Waals surface area contributed by atoms with Gasteiger partial charge in [0.25, 0.3) is 0 Å². The Bertz CT molecular complexity index is 521. The Morgan fingerprint density at radius 3 is 0.595 bits per heavy atom. The molecule has 0 unspecified atom stereocenters. The van der Waals surface area contributed by atoms with Crippen molar-refractivity contribution in [3.05, 3.63) is 17.5 Å². The van der Waals surface area contributed by atoms with Gasteiger partial charge in [-0.15, -0.1) is 112 Å². The third-order valence-corrected chi connectivity index (χ3v) is 0.971. The van der Waals surface area contributed by atoms with Crippen molar-refractivity contribution in [2.24, 2.45) is 0 Å². The number of nitrogens with zero attached hydrogens (tertiary/aromatic N) is 3. The van der Waals surface area contributed by atoms with Crippen LogP contribution in [-0.4, -0.2) is 15.0 Å². The molecule has 0 aliphatic carbocycles. The number of halogens is 18. The molecule has 33 heteroatoms. The molecule has 1 heterocycles. The molecule has 0 fully saturated rings. The van der Waals surface area contributed by atoms with Crippen molar-refractivity contribution in [2.75, 3.05) is 0 Å². The molecule has 3 nitrogen and oxygen atoms in total. The van der Waals surface area contributed by atoms with E-state index in [1.165, 1.54) is 0 Å². The Kier molecular flexibility index (Phi) is 307. The fourth-order valence-electron chi connectivity index (χ4n) is 0.777. The van der Waals surface area contributed by atoms with Crippen LogP contribution in [-0.2, 0) is 90.7 Å². The second-order valence-corrected chi connectivity index (χ2v) is 25.4. The standard InChI is InChI=1S/C6H9N3.3CH4.18ClH.6Fe.S2.4S/c1-4-7-5(2)9-6(3)8-4;;;;;;;;;;;;;;;;;;;;;;;;;;;;1-2;;;;/h1-3H3;3*1H4;18*1H;;;;;;;;;;;/q;;;;;;;;;;;;;;;;;;;;;;;;;3*+3;;;;;/p-9. The third-order valence-electron chi connectivity index (χ3n) is 0.971. The first-order valence-electron chi connectivity index (χ1n) is 4.93. The molecule has 0 spiro atoms. The zero-order valence-corrected chi connectivity index (χ0v) is 43.2. The summed E-state index contributed by atoms with van der Waals surface area (Å²) < 4.78 is 0. The number of rotatable bonds is 0. The van der Waals surface area contributed by atoms with E-state index in [1.54, 1.807) is 0 Å². The molecule has 1 aromatic rings. The molecule has 0 radical (unpaired) electrons.